The highest BCUT2D eigenvalue weighted by atomic mass is 35.5. The van der Waals surface area contributed by atoms with Gasteiger partial charge in [0, 0.05) is 10.4 Å². The highest BCUT2D eigenvalue weighted by Gasteiger charge is 2.14. The van der Waals surface area contributed by atoms with Gasteiger partial charge in [-0.2, -0.15) is 0 Å². The molecular weight excluding hydrogens is 246 g/mol. The Morgan fingerprint density at radius 3 is 2.83 bits per heavy atom. The predicted molar refractivity (Wildman–Crippen MR) is 77.2 cm³/mol. The van der Waals surface area contributed by atoms with Gasteiger partial charge in [-0.1, -0.05) is 38.3 Å². The number of benzene rings is 1. The van der Waals surface area contributed by atoms with E-state index in [1.165, 1.54) is 12.8 Å². The minimum Gasteiger partial charge on any atom is -0.459 e. The van der Waals surface area contributed by atoms with Gasteiger partial charge in [0.15, 0.2) is 0 Å². The SMILES string of the molecule is CCCCC(NCC)c1cc2cc(Cl)ccc2o1. The minimum atomic E-state index is 0.307. The van der Waals surface area contributed by atoms with Crippen molar-refractivity contribution < 1.29 is 4.42 Å². The fourth-order valence-corrected chi connectivity index (χ4v) is 2.39. The van der Waals surface area contributed by atoms with Crippen LogP contribution >= 0.6 is 11.6 Å². The van der Waals surface area contributed by atoms with Crippen molar-refractivity contribution >= 4 is 22.6 Å². The van der Waals surface area contributed by atoms with Crippen LogP contribution in [0.1, 0.15) is 44.9 Å². The Balaban J connectivity index is 2.26. The first kappa shape index (κ1) is 13.4. The minimum absolute atomic E-state index is 0.307. The average Bonchev–Trinajstić information content (AvgIpc) is 2.77. The smallest absolute Gasteiger partial charge is 0.134 e. The Bertz CT molecular complexity index is 506. The number of rotatable bonds is 6. The molecule has 0 aliphatic carbocycles. The molecule has 2 rings (SSSR count). The van der Waals surface area contributed by atoms with Gasteiger partial charge in [0.05, 0.1) is 6.04 Å². The van der Waals surface area contributed by atoms with Crippen LogP contribution in [0.5, 0.6) is 0 Å². The molecule has 0 saturated carbocycles. The lowest BCUT2D eigenvalue weighted by atomic mass is 10.1. The monoisotopic (exact) mass is 265 g/mol. The van der Waals surface area contributed by atoms with E-state index >= 15 is 0 Å². The largest absolute Gasteiger partial charge is 0.459 e. The van der Waals surface area contributed by atoms with Crippen molar-refractivity contribution in [2.45, 2.75) is 39.2 Å². The molecule has 0 amide bonds. The third kappa shape index (κ3) is 3.06. The molecule has 3 heteroatoms. The molecular formula is C15H20ClNO. The number of nitrogens with one attached hydrogen (secondary N) is 1. The van der Waals surface area contributed by atoms with Crippen molar-refractivity contribution in [3.63, 3.8) is 0 Å². The number of unbranched alkanes of at least 4 members (excludes halogenated alkanes) is 1. The molecule has 1 aromatic carbocycles. The van der Waals surface area contributed by atoms with Crippen LogP contribution in [0.2, 0.25) is 5.02 Å². The summed E-state index contributed by atoms with van der Waals surface area (Å²) in [6.45, 7) is 5.28. The Kier molecular flexibility index (Phi) is 4.67. The normalized spacial score (nSPS) is 13.1. The van der Waals surface area contributed by atoms with E-state index in [0.717, 1.165) is 34.7 Å². The van der Waals surface area contributed by atoms with E-state index in [9.17, 15) is 0 Å². The maximum Gasteiger partial charge on any atom is 0.134 e. The maximum absolute atomic E-state index is 5.99. The summed E-state index contributed by atoms with van der Waals surface area (Å²) in [5.74, 6) is 1.02. The topological polar surface area (TPSA) is 25.2 Å². The van der Waals surface area contributed by atoms with E-state index in [4.69, 9.17) is 16.0 Å². The quantitative estimate of drug-likeness (QED) is 0.801. The second-order valence-electron chi connectivity index (χ2n) is 4.58. The Morgan fingerprint density at radius 1 is 1.28 bits per heavy atom. The number of hydrogen-bond donors (Lipinski definition) is 1. The molecule has 1 atom stereocenters. The van der Waals surface area contributed by atoms with E-state index in [1.807, 2.05) is 18.2 Å². The van der Waals surface area contributed by atoms with Crippen molar-refractivity contribution in [2.75, 3.05) is 6.54 Å². The van der Waals surface area contributed by atoms with Gasteiger partial charge in [0.25, 0.3) is 0 Å². The Morgan fingerprint density at radius 2 is 2.11 bits per heavy atom. The summed E-state index contributed by atoms with van der Waals surface area (Å²) in [6, 6.07) is 8.16. The second-order valence-corrected chi connectivity index (χ2v) is 5.02. The molecule has 1 unspecified atom stereocenters. The summed E-state index contributed by atoms with van der Waals surface area (Å²) in [5, 5.41) is 5.32. The summed E-state index contributed by atoms with van der Waals surface area (Å²) in [6.07, 6.45) is 3.52. The maximum atomic E-state index is 5.99. The predicted octanol–water partition coefficient (Wildman–Crippen LogP) is 4.93. The van der Waals surface area contributed by atoms with Crippen LogP contribution in [0.4, 0.5) is 0 Å². The van der Waals surface area contributed by atoms with Crippen LogP contribution in [0.3, 0.4) is 0 Å². The molecule has 1 aromatic heterocycles. The van der Waals surface area contributed by atoms with Gasteiger partial charge in [-0.15, -0.1) is 0 Å². The van der Waals surface area contributed by atoms with Crippen LogP contribution in [-0.4, -0.2) is 6.54 Å². The fraction of sp³-hybridized carbons (Fsp3) is 0.467. The van der Waals surface area contributed by atoms with Gasteiger partial charge in [0.2, 0.25) is 0 Å². The molecule has 0 saturated heterocycles. The van der Waals surface area contributed by atoms with E-state index in [2.05, 4.69) is 25.2 Å². The van der Waals surface area contributed by atoms with Gasteiger partial charge in [-0.3, -0.25) is 0 Å². The molecule has 1 heterocycles. The molecule has 18 heavy (non-hydrogen) atoms. The molecule has 0 spiro atoms. The average molecular weight is 266 g/mol. The summed E-state index contributed by atoms with van der Waals surface area (Å²) in [7, 11) is 0. The van der Waals surface area contributed by atoms with E-state index < -0.39 is 0 Å². The van der Waals surface area contributed by atoms with E-state index in [1.54, 1.807) is 0 Å². The van der Waals surface area contributed by atoms with Crippen molar-refractivity contribution in [3.05, 3.63) is 35.0 Å². The Labute approximate surface area is 113 Å². The van der Waals surface area contributed by atoms with Gasteiger partial charge in [0.1, 0.15) is 11.3 Å². The molecule has 0 bridgehead atoms. The third-order valence-corrected chi connectivity index (χ3v) is 3.37. The fourth-order valence-electron chi connectivity index (χ4n) is 2.21. The van der Waals surface area contributed by atoms with Crippen molar-refractivity contribution in [2.24, 2.45) is 0 Å². The molecule has 0 aliphatic heterocycles. The van der Waals surface area contributed by atoms with Gasteiger partial charge in [-0.25, -0.2) is 0 Å². The summed E-state index contributed by atoms with van der Waals surface area (Å²) >= 11 is 5.99. The number of halogens is 1. The van der Waals surface area contributed by atoms with E-state index in [0.29, 0.717) is 6.04 Å². The standard InChI is InChI=1S/C15H20ClNO/c1-3-5-6-13(17-4-2)15-10-11-9-12(16)7-8-14(11)18-15/h7-10,13,17H,3-6H2,1-2H3. The molecule has 2 aromatic rings. The Hall–Kier alpha value is -0.990. The molecule has 0 radical (unpaired) electrons. The molecule has 2 nitrogen and oxygen atoms in total. The number of furan rings is 1. The lowest BCUT2D eigenvalue weighted by molar-refractivity contribution is 0.408. The van der Waals surface area contributed by atoms with E-state index in [-0.39, 0.29) is 0 Å². The summed E-state index contributed by atoms with van der Waals surface area (Å²) < 4.78 is 5.91. The number of hydrogen-bond acceptors (Lipinski definition) is 2. The molecule has 0 aliphatic rings. The van der Waals surface area contributed by atoms with Gasteiger partial charge < -0.3 is 9.73 Å². The van der Waals surface area contributed by atoms with Crippen LogP contribution in [0.25, 0.3) is 11.0 Å². The zero-order valence-electron chi connectivity index (χ0n) is 11.0. The van der Waals surface area contributed by atoms with Crippen molar-refractivity contribution in [3.8, 4) is 0 Å². The molecule has 1 N–H and O–H groups in total. The zero-order valence-corrected chi connectivity index (χ0v) is 11.8. The second kappa shape index (κ2) is 6.26. The van der Waals surface area contributed by atoms with Crippen molar-refractivity contribution in [1.82, 2.24) is 5.32 Å². The molecule has 0 fully saturated rings. The zero-order chi connectivity index (χ0) is 13.0. The number of fused-ring (bicyclic) bond motifs is 1. The first-order valence-electron chi connectivity index (χ1n) is 6.67. The highest BCUT2D eigenvalue weighted by molar-refractivity contribution is 6.31. The van der Waals surface area contributed by atoms with Crippen LogP contribution in [0.15, 0.2) is 28.7 Å². The summed E-state index contributed by atoms with van der Waals surface area (Å²) in [5.41, 5.74) is 0.911. The van der Waals surface area contributed by atoms with Crippen LogP contribution < -0.4 is 5.32 Å². The van der Waals surface area contributed by atoms with Crippen molar-refractivity contribution in [1.29, 1.82) is 0 Å². The van der Waals surface area contributed by atoms with Gasteiger partial charge in [-0.05, 0) is 37.2 Å². The first-order valence-corrected chi connectivity index (χ1v) is 7.04. The third-order valence-electron chi connectivity index (χ3n) is 3.14. The molecule has 98 valence electrons. The lowest BCUT2D eigenvalue weighted by Crippen LogP contribution is -2.20. The van der Waals surface area contributed by atoms with Crippen LogP contribution in [0, 0.1) is 0 Å². The first-order chi connectivity index (χ1) is 8.74. The highest BCUT2D eigenvalue weighted by Crippen LogP contribution is 2.28. The lowest BCUT2D eigenvalue weighted by Gasteiger charge is -2.14. The summed E-state index contributed by atoms with van der Waals surface area (Å²) in [4.78, 5) is 0. The van der Waals surface area contributed by atoms with Gasteiger partial charge >= 0.3 is 0 Å². The van der Waals surface area contributed by atoms with Crippen LogP contribution in [-0.2, 0) is 0 Å².